The number of benzene rings is 2. The van der Waals surface area contributed by atoms with Crippen molar-refractivity contribution >= 4 is 40.7 Å². The molecule has 0 aliphatic carbocycles. The average Bonchev–Trinajstić information content (AvgIpc) is 2.87. The van der Waals surface area contributed by atoms with Crippen LogP contribution in [0.25, 0.3) is 0 Å². The summed E-state index contributed by atoms with van der Waals surface area (Å²) in [5.74, 6) is -1.14. The highest BCUT2D eigenvalue weighted by Gasteiger charge is 2.37. The minimum absolute atomic E-state index is 0.0500. The molecule has 0 saturated heterocycles. The molecule has 0 unspecified atom stereocenters. The summed E-state index contributed by atoms with van der Waals surface area (Å²) in [4.78, 5) is 37.9. The predicted octanol–water partition coefficient (Wildman–Crippen LogP) is 3.51. The van der Waals surface area contributed by atoms with Gasteiger partial charge in [-0.05, 0) is 36.8 Å². The van der Waals surface area contributed by atoms with E-state index in [1.54, 1.807) is 30.3 Å². The normalized spacial score (nSPS) is 13.1. The molecule has 3 rings (SSSR count). The van der Waals surface area contributed by atoms with E-state index in [1.165, 1.54) is 12.1 Å². The Kier molecular flexibility index (Phi) is 5.35. The largest absolute Gasteiger partial charge is 0.372 e. The Morgan fingerprint density at radius 3 is 2.35 bits per heavy atom. The monoisotopic (exact) mass is 372 g/mol. The fourth-order valence-electron chi connectivity index (χ4n) is 2.68. The number of imide groups is 1. The number of hydrogen-bond donors (Lipinski definition) is 1. The number of ether oxygens (including phenoxy) is 1. The maximum atomic E-state index is 12.5. The van der Waals surface area contributed by atoms with Crippen molar-refractivity contribution in [2.45, 2.75) is 13.3 Å². The Hall–Kier alpha value is -2.70. The lowest BCUT2D eigenvalue weighted by atomic mass is 10.1. The second-order valence-corrected chi connectivity index (χ2v) is 6.17. The van der Waals surface area contributed by atoms with Crippen LogP contribution in [0.5, 0.6) is 0 Å². The van der Waals surface area contributed by atoms with Gasteiger partial charge in [0.2, 0.25) is 5.91 Å². The molecule has 0 aromatic heterocycles. The van der Waals surface area contributed by atoms with Gasteiger partial charge in [-0.1, -0.05) is 30.7 Å². The standard InChI is InChI=1S/C19H17ClN2O4/c1-2-9-26-11-17(23)21-12-7-8-16(15(20)10-12)22-18(24)13-5-3-4-6-14(13)19(22)25/h3-8,10H,2,9,11H2,1H3,(H,21,23). The van der Waals surface area contributed by atoms with E-state index in [2.05, 4.69) is 5.32 Å². The fraction of sp³-hybridized carbons (Fsp3) is 0.211. The Bertz CT molecular complexity index is 847. The number of fused-ring (bicyclic) bond motifs is 1. The Balaban J connectivity index is 1.78. The molecule has 1 N–H and O–H groups in total. The van der Waals surface area contributed by atoms with E-state index in [0.717, 1.165) is 11.3 Å². The van der Waals surface area contributed by atoms with Gasteiger partial charge in [0.25, 0.3) is 11.8 Å². The number of carbonyl (C=O) groups is 3. The minimum atomic E-state index is -0.419. The van der Waals surface area contributed by atoms with Gasteiger partial charge in [0.15, 0.2) is 0 Å². The van der Waals surface area contributed by atoms with E-state index in [9.17, 15) is 14.4 Å². The molecule has 26 heavy (non-hydrogen) atoms. The summed E-state index contributed by atoms with van der Waals surface area (Å²) in [5, 5.41) is 2.85. The zero-order valence-electron chi connectivity index (χ0n) is 14.1. The lowest BCUT2D eigenvalue weighted by Gasteiger charge is -2.16. The molecule has 0 saturated carbocycles. The second kappa shape index (κ2) is 7.68. The molecule has 1 heterocycles. The molecule has 7 heteroatoms. The lowest BCUT2D eigenvalue weighted by molar-refractivity contribution is -0.120. The number of anilines is 2. The van der Waals surface area contributed by atoms with Crippen LogP contribution >= 0.6 is 11.6 Å². The summed E-state index contributed by atoms with van der Waals surface area (Å²) in [6.07, 6.45) is 0.827. The minimum Gasteiger partial charge on any atom is -0.372 e. The predicted molar refractivity (Wildman–Crippen MR) is 98.8 cm³/mol. The third kappa shape index (κ3) is 3.47. The molecule has 6 nitrogen and oxygen atoms in total. The molecule has 1 aliphatic heterocycles. The van der Waals surface area contributed by atoms with E-state index < -0.39 is 11.8 Å². The smallest absolute Gasteiger partial charge is 0.266 e. The average molecular weight is 373 g/mol. The number of carbonyl (C=O) groups excluding carboxylic acids is 3. The van der Waals surface area contributed by atoms with Crippen LogP contribution in [0, 0.1) is 0 Å². The first kappa shape index (κ1) is 18.1. The van der Waals surface area contributed by atoms with Gasteiger partial charge in [-0.25, -0.2) is 4.90 Å². The maximum Gasteiger partial charge on any atom is 0.266 e. The summed E-state index contributed by atoms with van der Waals surface area (Å²) in [7, 11) is 0. The highest BCUT2D eigenvalue weighted by atomic mass is 35.5. The van der Waals surface area contributed by atoms with Crippen LogP contribution in [0.15, 0.2) is 42.5 Å². The van der Waals surface area contributed by atoms with Crippen molar-refractivity contribution in [3.8, 4) is 0 Å². The van der Waals surface area contributed by atoms with Gasteiger partial charge < -0.3 is 10.1 Å². The Labute approximate surface area is 155 Å². The molecule has 0 radical (unpaired) electrons. The van der Waals surface area contributed by atoms with Gasteiger partial charge in [0.1, 0.15) is 6.61 Å². The number of amides is 3. The van der Waals surface area contributed by atoms with E-state index >= 15 is 0 Å². The molecular formula is C19H17ClN2O4. The number of nitrogens with one attached hydrogen (secondary N) is 1. The summed E-state index contributed by atoms with van der Waals surface area (Å²) in [5.41, 5.74) is 1.43. The van der Waals surface area contributed by atoms with E-state index in [-0.39, 0.29) is 23.2 Å². The molecule has 0 atom stereocenters. The molecule has 0 fully saturated rings. The summed E-state index contributed by atoms with van der Waals surface area (Å²) >= 11 is 6.26. The van der Waals surface area contributed by atoms with Crippen molar-refractivity contribution < 1.29 is 19.1 Å². The zero-order chi connectivity index (χ0) is 18.7. The Morgan fingerprint density at radius 2 is 1.77 bits per heavy atom. The van der Waals surface area contributed by atoms with Crippen molar-refractivity contribution in [1.82, 2.24) is 0 Å². The van der Waals surface area contributed by atoms with E-state index in [0.29, 0.717) is 23.4 Å². The third-order valence-electron chi connectivity index (χ3n) is 3.85. The van der Waals surface area contributed by atoms with Crippen LogP contribution in [0.2, 0.25) is 5.02 Å². The van der Waals surface area contributed by atoms with E-state index in [4.69, 9.17) is 16.3 Å². The Morgan fingerprint density at radius 1 is 1.12 bits per heavy atom. The highest BCUT2D eigenvalue weighted by Crippen LogP contribution is 2.34. The van der Waals surface area contributed by atoms with Crippen molar-refractivity contribution in [1.29, 1.82) is 0 Å². The third-order valence-corrected chi connectivity index (χ3v) is 4.15. The van der Waals surface area contributed by atoms with Gasteiger partial charge in [0.05, 0.1) is 21.8 Å². The van der Waals surface area contributed by atoms with Gasteiger partial charge in [0, 0.05) is 12.3 Å². The second-order valence-electron chi connectivity index (χ2n) is 5.76. The first-order valence-corrected chi connectivity index (χ1v) is 8.55. The summed E-state index contributed by atoms with van der Waals surface area (Å²) in [6.45, 7) is 2.41. The van der Waals surface area contributed by atoms with Crippen molar-refractivity contribution in [3.63, 3.8) is 0 Å². The molecule has 134 valence electrons. The molecule has 3 amide bonds. The van der Waals surface area contributed by atoms with Crippen LogP contribution in [0.3, 0.4) is 0 Å². The van der Waals surface area contributed by atoms with E-state index in [1.807, 2.05) is 6.92 Å². The van der Waals surface area contributed by atoms with Crippen LogP contribution < -0.4 is 10.2 Å². The maximum absolute atomic E-state index is 12.5. The topological polar surface area (TPSA) is 75.7 Å². The first-order valence-electron chi connectivity index (χ1n) is 8.18. The quantitative estimate of drug-likeness (QED) is 0.622. The molecular weight excluding hydrogens is 356 g/mol. The molecule has 0 bridgehead atoms. The number of halogens is 1. The van der Waals surface area contributed by atoms with Crippen LogP contribution in [0.1, 0.15) is 34.1 Å². The summed E-state index contributed by atoms with van der Waals surface area (Å²) in [6, 6.07) is 11.2. The van der Waals surface area contributed by atoms with Crippen LogP contribution in [-0.2, 0) is 9.53 Å². The van der Waals surface area contributed by atoms with Crippen molar-refractivity contribution in [2.75, 3.05) is 23.4 Å². The zero-order valence-corrected chi connectivity index (χ0v) is 14.9. The fourth-order valence-corrected chi connectivity index (χ4v) is 2.95. The van der Waals surface area contributed by atoms with Gasteiger partial charge in [-0.3, -0.25) is 14.4 Å². The highest BCUT2D eigenvalue weighted by molar-refractivity contribution is 6.40. The SMILES string of the molecule is CCCOCC(=O)Nc1ccc(N2C(=O)c3ccccc3C2=O)c(Cl)c1. The molecule has 2 aromatic rings. The van der Waals surface area contributed by atoms with Crippen molar-refractivity contribution in [2.24, 2.45) is 0 Å². The summed E-state index contributed by atoms with van der Waals surface area (Å²) < 4.78 is 5.17. The lowest BCUT2D eigenvalue weighted by Crippen LogP contribution is -2.29. The number of rotatable bonds is 6. The van der Waals surface area contributed by atoms with Gasteiger partial charge >= 0.3 is 0 Å². The molecule has 2 aromatic carbocycles. The number of nitrogens with zero attached hydrogens (tertiary/aromatic N) is 1. The van der Waals surface area contributed by atoms with Gasteiger partial charge in [-0.15, -0.1) is 0 Å². The van der Waals surface area contributed by atoms with Gasteiger partial charge in [-0.2, -0.15) is 0 Å². The van der Waals surface area contributed by atoms with Crippen LogP contribution in [-0.4, -0.2) is 30.9 Å². The number of hydrogen-bond acceptors (Lipinski definition) is 4. The molecule has 0 spiro atoms. The van der Waals surface area contributed by atoms with Crippen LogP contribution in [0.4, 0.5) is 11.4 Å². The first-order chi connectivity index (χ1) is 12.5. The van der Waals surface area contributed by atoms with Crippen molar-refractivity contribution in [3.05, 3.63) is 58.6 Å². The molecule has 1 aliphatic rings.